The molecule has 0 bridgehead atoms. The first-order valence-electron chi connectivity index (χ1n) is 6.15. The van der Waals surface area contributed by atoms with Crippen LogP contribution in [0.2, 0.25) is 0 Å². The van der Waals surface area contributed by atoms with Gasteiger partial charge in [0.1, 0.15) is 22.3 Å². The molecule has 0 aliphatic heterocycles. The quantitative estimate of drug-likeness (QED) is 0.753. The lowest BCUT2D eigenvalue weighted by Crippen LogP contribution is -2.25. The van der Waals surface area contributed by atoms with Crippen molar-refractivity contribution in [3.05, 3.63) is 17.7 Å². The van der Waals surface area contributed by atoms with Gasteiger partial charge in [-0.3, -0.25) is 0 Å². The largest absolute Gasteiger partial charge is 0.492 e. The van der Waals surface area contributed by atoms with E-state index in [1.807, 2.05) is 13.8 Å². The normalized spacial score (nSPS) is 12.0. The molecular weight excluding hydrogens is 294 g/mol. The first-order valence-corrected chi connectivity index (χ1v) is 7.70. The lowest BCUT2D eigenvalue weighted by molar-refractivity contribution is 0.00541. The Morgan fingerprint density at radius 2 is 2.00 bits per heavy atom. The van der Waals surface area contributed by atoms with Crippen molar-refractivity contribution in [3.63, 3.8) is 0 Å². The fraction of sp³-hybridized carbons (Fsp3) is 0.462. The smallest absolute Gasteiger partial charge is 0.241 e. The Morgan fingerprint density at radius 1 is 1.38 bits per heavy atom. The monoisotopic (exact) mass is 313 g/mol. The van der Waals surface area contributed by atoms with Crippen LogP contribution in [0, 0.1) is 11.3 Å². The van der Waals surface area contributed by atoms with Crippen molar-refractivity contribution in [3.8, 4) is 11.8 Å². The molecule has 0 saturated heterocycles. The van der Waals surface area contributed by atoms with Crippen molar-refractivity contribution in [2.45, 2.75) is 30.8 Å². The van der Waals surface area contributed by atoms with E-state index in [9.17, 15) is 8.42 Å². The van der Waals surface area contributed by atoms with E-state index in [4.69, 9.17) is 25.6 Å². The van der Waals surface area contributed by atoms with Crippen LogP contribution < -0.4 is 15.6 Å². The molecule has 1 aromatic rings. The third-order valence-corrected chi connectivity index (χ3v) is 4.07. The van der Waals surface area contributed by atoms with Gasteiger partial charge >= 0.3 is 0 Å². The van der Waals surface area contributed by atoms with Crippen molar-refractivity contribution in [2.24, 2.45) is 5.14 Å². The zero-order valence-electron chi connectivity index (χ0n) is 12.2. The van der Waals surface area contributed by atoms with Crippen LogP contribution >= 0.6 is 0 Å². The van der Waals surface area contributed by atoms with Crippen molar-refractivity contribution in [1.29, 1.82) is 5.26 Å². The molecule has 0 aromatic heterocycles. The SMILES string of the molecule is COC(C)(C)CCOc1ccc(N)c(S(N)(=O)=O)c1C#N. The molecule has 116 valence electrons. The molecule has 21 heavy (non-hydrogen) atoms. The van der Waals surface area contributed by atoms with Crippen LogP contribution in [0.3, 0.4) is 0 Å². The van der Waals surface area contributed by atoms with Crippen LogP contribution in [0.5, 0.6) is 5.75 Å². The number of benzene rings is 1. The molecule has 0 saturated carbocycles. The molecule has 1 aromatic carbocycles. The van der Waals surface area contributed by atoms with Gasteiger partial charge in [0.2, 0.25) is 10.0 Å². The second kappa shape index (κ2) is 6.30. The van der Waals surface area contributed by atoms with Crippen LogP contribution in [-0.4, -0.2) is 27.7 Å². The second-order valence-electron chi connectivity index (χ2n) is 5.08. The van der Waals surface area contributed by atoms with Crippen LogP contribution in [0.1, 0.15) is 25.8 Å². The minimum Gasteiger partial charge on any atom is -0.492 e. The maximum absolute atomic E-state index is 11.5. The highest BCUT2D eigenvalue weighted by molar-refractivity contribution is 7.89. The maximum atomic E-state index is 11.5. The summed E-state index contributed by atoms with van der Waals surface area (Å²) >= 11 is 0. The average molecular weight is 313 g/mol. The molecule has 0 aliphatic carbocycles. The summed E-state index contributed by atoms with van der Waals surface area (Å²) in [6.45, 7) is 4.03. The molecule has 0 heterocycles. The number of hydrogen-bond donors (Lipinski definition) is 2. The summed E-state index contributed by atoms with van der Waals surface area (Å²) in [5.74, 6) is 0.127. The third kappa shape index (κ3) is 4.32. The van der Waals surface area contributed by atoms with Gasteiger partial charge in [-0.05, 0) is 26.0 Å². The molecule has 0 spiro atoms. The molecule has 8 heteroatoms. The van der Waals surface area contributed by atoms with E-state index in [1.165, 1.54) is 12.1 Å². The summed E-state index contributed by atoms with van der Waals surface area (Å²) in [5.41, 5.74) is 4.93. The fourth-order valence-corrected chi connectivity index (χ4v) is 2.45. The summed E-state index contributed by atoms with van der Waals surface area (Å²) in [7, 11) is -2.52. The number of primary sulfonamides is 1. The predicted molar refractivity (Wildman–Crippen MR) is 78.1 cm³/mol. The summed E-state index contributed by atoms with van der Waals surface area (Å²) in [6.07, 6.45) is 0.559. The highest BCUT2D eigenvalue weighted by Crippen LogP contribution is 2.30. The van der Waals surface area contributed by atoms with Gasteiger partial charge in [-0.15, -0.1) is 0 Å². The van der Waals surface area contributed by atoms with E-state index in [1.54, 1.807) is 13.2 Å². The van der Waals surface area contributed by atoms with E-state index in [0.29, 0.717) is 6.42 Å². The molecule has 1 rings (SSSR count). The highest BCUT2D eigenvalue weighted by atomic mass is 32.2. The maximum Gasteiger partial charge on any atom is 0.241 e. The van der Waals surface area contributed by atoms with Crippen molar-refractivity contribution < 1.29 is 17.9 Å². The molecular formula is C13H19N3O4S. The Labute approximate surface area is 124 Å². The number of rotatable bonds is 6. The number of nitrogen functional groups attached to an aromatic ring is 1. The topological polar surface area (TPSA) is 128 Å². The fourth-order valence-electron chi connectivity index (χ4n) is 1.62. The number of hydrogen-bond acceptors (Lipinski definition) is 6. The molecule has 0 fully saturated rings. The number of methoxy groups -OCH3 is 1. The number of sulfonamides is 1. The van der Waals surface area contributed by atoms with Gasteiger partial charge in [0, 0.05) is 13.5 Å². The minimum atomic E-state index is -4.11. The van der Waals surface area contributed by atoms with Gasteiger partial charge < -0.3 is 15.2 Å². The van der Waals surface area contributed by atoms with Gasteiger partial charge in [0.05, 0.1) is 17.9 Å². The van der Waals surface area contributed by atoms with Gasteiger partial charge in [-0.2, -0.15) is 5.26 Å². The summed E-state index contributed by atoms with van der Waals surface area (Å²) < 4.78 is 33.8. The first kappa shape index (κ1) is 17.2. The third-order valence-electron chi connectivity index (χ3n) is 3.06. The van der Waals surface area contributed by atoms with Crippen molar-refractivity contribution >= 4 is 15.7 Å². The van der Waals surface area contributed by atoms with E-state index in [0.717, 1.165) is 0 Å². The summed E-state index contributed by atoms with van der Waals surface area (Å²) in [6, 6.07) is 4.57. The van der Waals surface area contributed by atoms with Crippen molar-refractivity contribution in [1.82, 2.24) is 0 Å². The molecule has 0 radical (unpaired) electrons. The molecule has 7 nitrogen and oxygen atoms in total. The first-order chi connectivity index (χ1) is 9.62. The molecule has 0 amide bonds. The zero-order valence-corrected chi connectivity index (χ0v) is 13.0. The van der Waals surface area contributed by atoms with Gasteiger partial charge in [-0.1, -0.05) is 0 Å². The number of anilines is 1. The standard InChI is InChI=1S/C13H19N3O4S/c1-13(2,19-3)6-7-20-11-5-4-10(15)12(9(11)8-14)21(16,17)18/h4-5H,6-7,15H2,1-3H3,(H2,16,17,18). The van der Waals surface area contributed by atoms with Crippen LogP contribution in [0.25, 0.3) is 0 Å². The van der Waals surface area contributed by atoms with Crippen LogP contribution in [-0.2, 0) is 14.8 Å². The highest BCUT2D eigenvalue weighted by Gasteiger charge is 2.23. The van der Waals surface area contributed by atoms with Gasteiger partial charge in [0.15, 0.2) is 0 Å². The number of nitrogens with two attached hydrogens (primary N) is 2. The van der Waals surface area contributed by atoms with Gasteiger partial charge in [-0.25, -0.2) is 13.6 Å². The van der Waals surface area contributed by atoms with E-state index >= 15 is 0 Å². The number of nitriles is 1. The Morgan fingerprint density at radius 3 is 2.48 bits per heavy atom. The Balaban J connectivity index is 3.09. The molecule has 0 unspecified atom stereocenters. The van der Waals surface area contributed by atoms with Gasteiger partial charge in [0.25, 0.3) is 0 Å². The number of nitrogens with zero attached hydrogens (tertiary/aromatic N) is 1. The van der Waals surface area contributed by atoms with E-state index < -0.39 is 14.9 Å². The van der Waals surface area contributed by atoms with E-state index in [2.05, 4.69) is 0 Å². The summed E-state index contributed by atoms with van der Waals surface area (Å²) in [4.78, 5) is -0.409. The average Bonchev–Trinajstić information content (AvgIpc) is 2.38. The Bertz CT molecular complexity index is 663. The minimum absolute atomic E-state index is 0.0846. The molecule has 0 aliphatic rings. The Hall–Kier alpha value is -1.82. The molecule has 4 N–H and O–H groups in total. The summed E-state index contributed by atoms with van der Waals surface area (Å²) in [5, 5.41) is 14.3. The second-order valence-corrected chi connectivity index (χ2v) is 6.57. The lowest BCUT2D eigenvalue weighted by atomic mass is 10.1. The van der Waals surface area contributed by atoms with Crippen LogP contribution in [0.4, 0.5) is 5.69 Å². The Kier molecular flexibility index (Phi) is 5.17. The molecule has 0 atom stereocenters. The van der Waals surface area contributed by atoms with E-state index in [-0.39, 0.29) is 29.2 Å². The number of ether oxygens (including phenoxy) is 2. The predicted octanol–water partition coefficient (Wildman–Crippen LogP) is 0.982. The lowest BCUT2D eigenvalue weighted by Gasteiger charge is -2.23. The van der Waals surface area contributed by atoms with Crippen molar-refractivity contribution in [2.75, 3.05) is 19.5 Å². The zero-order chi connectivity index (χ0) is 16.3. The van der Waals surface area contributed by atoms with Crippen LogP contribution in [0.15, 0.2) is 17.0 Å².